The molecule has 0 radical (unpaired) electrons. The maximum absolute atomic E-state index is 12.4. The van der Waals surface area contributed by atoms with Crippen LogP contribution in [0.1, 0.15) is 65.0 Å². The summed E-state index contributed by atoms with van der Waals surface area (Å²) in [5, 5.41) is 31.2. The summed E-state index contributed by atoms with van der Waals surface area (Å²) in [6, 6.07) is 11.0. The fraction of sp³-hybridized carbons (Fsp3) is 0.400. The van der Waals surface area contributed by atoms with Crippen molar-refractivity contribution in [3.05, 3.63) is 78.6 Å². The predicted octanol–water partition coefficient (Wildman–Crippen LogP) is 5.90. The van der Waals surface area contributed by atoms with Crippen LogP contribution < -0.4 is 20.1 Å². The SMILES string of the molecule is COc1ccc(Nc2cc(C3=CCN(C(=O)OC(C)(C)C)C3)cn3ncnc23)nn1.COc1ccc(Nc2cc(C3CCN(C(=O)OC(C)(C)C)C3)cn3ncnc23)nn1. The number of hydrogen-bond donors (Lipinski definition) is 2. The zero-order chi connectivity index (χ0) is 42.6. The highest BCUT2D eigenvalue weighted by atomic mass is 16.6. The summed E-state index contributed by atoms with van der Waals surface area (Å²) in [5.41, 5.74) is 4.76. The highest BCUT2D eigenvalue weighted by Crippen LogP contribution is 2.32. The second-order valence-electron chi connectivity index (χ2n) is 16.1. The third kappa shape index (κ3) is 9.93. The molecule has 0 bridgehead atoms. The quantitative estimate of drug-likeness (QED) is 0.183. The monoisotopic (exact) mass is 820 g/mol. The fourth-order valence-electron chi connectivity index (χ4n) is 6.48. The number of ether oxygens (including phenoxy) is 4. The lowest BCUT2D eigenvalue weighted by Gasteiger charge is -2.24. The second-order valence-corrected chi connectivity index (χ2v) is 16.1. The number of methoxy groups -OCH3 is 2. The van der Waals surface area contributed by atoms with Gasteiger partial charge in [0, 0.05) is 56.6 Å². The van der Waals surface area contributed by atoms with E-state index < -0.39 is 11.2 Å². The average Bonchev–Trinajstić information content (AvgIpc) is 4.05. The lowest BCUT2D eigenvalue weighted by Crippen LogP contribution is -2.35. The molecule has 0 spiro atoms. The van der Waals surface area contributed by atoms with Gasteiger partial charge in [0.2, 0.25) is 11.8 Å². The van der Waals surface area contributed by atoms with Gasteiger partial charge in [-0.25, -0.2) is 28.6 Å². The molecule has 2 aliphatic rings. The fourth-order valence-corrected chi connectivity index (χ4v) is 6.48. The Balaban J connectivity index is 0.000000181. The van der Waals surface area contributed by atoms with Gasteiger partial charge in [-0.1, -0.05) is 6.08 Å². The summed E-state index contributed by atoms with van der Waals surface area (Å²) in [5.74, 6) is 2.16. The highest BCUT2D eigenvalue weighted by Gasteiger charge is 2.31. The van der Waals surface area contributed by atoms with Gasteiger partial charge in [0.1, 0.15) is 23.9 Å². The van der Waals surface area contributed by atoms with Crippen molar-refractivity contribution in [2.75, 3.05) is 51.0 Å². The normalized spacial score (nSPS) is 15.3. The number of rotatable bonds is 8. The molecule has 1 unspecified atom stereocenters. The molecule has 2 aliphatic heterocycles. The molecule has 60 heavy (non-hydrogen) atoms. The maximum Gasteiger partial charge on any atom is 0.410 e. The molecule has 8 rings (SSSR count). The number of nitrogens with one attached hydrogen (secondary N) is 2. The Morgan fingerprint density at radius 2 is 1.27 bits per heavy atom. The summed E-state index contributed by atoms with van der Waals surface area (Å²) in [6.07, 6.45) is 9.08. The van der Waals surface area contributed by atoms with Crippen LogP contribution in [0, 0.1) is 0 Å². The zero-order valence-electron chi connectivity index (χ0n) is 34.8. The Bertz CT molecular complexity index is 2460. The molecule has 20 heteroatoms. The van der Waals surface area contributed by atoms with Crippen LogP contribution >= 0.6 is 0 Å². The van der Waals surface area contributed by atoms with Crippen LogP contribution in [-0.2, 0) is 9.47 Å². The highest BCUT2D eigenvalue weighted by molar-refractivity contribution is 5.82. The molecular weight excluding hydrogens is 773 g/mol. The number of carbonyl (C=O) groups is 2. The van der Waals surface area contributed by atoms with E-state index in [2.05, 4.69) is 51.2 Å². The lowest BCUT2D eigenvalue weighted by molar-refractivity contribution is 0.0287. The Morgan fingerprint density at radius 3 is 1.80 bits per heavy atom. The van der Waals surface area contributed by atoms with E-state index in [0.717, 1.165) is 34.5 Å². The van der Waals surface area contributed by atoms with Crippen LogP contribution in [0.4, 0.5) is 32.6 Å². The minimum atomic E-state index is -0.532. The summed E-state index contributed by atoms with van der Waals surface area (Å²) in [4.78, 5) is 36.8. The molecule has 0 aromatic carbocycles. The Labute approximate surface area is 345 Å². The number of fused-ring (bicyclic) bond motifs is 2. The van der Waals surface area contributed by atoms with Crippen LogP contribution in [0.3, 0.4) is 0 Å². The molecule has 0 saturated carbocycles. The number of likely N-dealkylation sites (tertiary alicyclic amines) is 1. The number of aromatic nitrogens is 10. The molecule has 8 heterocycles. The molecule has 2 amide bonds. The standard InChI is InChI=1S/C20H25N7O3.C20H23N7O3/c2*1-20(2,3)30-19(28)26-8-7-13(10-26)14-9-15(18-21-12-22-27(18)11-14)23-16-5-6-17(29-4)25-24-16/h5-6,9,11-13H,7-8,10H2,1-4H3,(H,23,24);5-7,9,11-12H,8,10H2,1-4H3,(H,23,24). The zero-order valence-corrected chi connectivity index (χ0v) is 34.8. The van der Waals surface area contributed by atoms with E-state index in [-0.39, 0.29) is 18.1 Å². The summed E-state index contributed by atoms with van der Waals surface area (Å²) >= 11 is 0. The van der Waals surface area contributed by atoms with Crippen molar-refractivity contribution in [2.24, 2.45) is 0 Å². The second kappa shape index (κ2) is 17.0. The third-order valence-corrected chi connectivity index (χ3v) is 9.25. The van der Waals surface area contributed by atoms with Gasteiger partial charge < -0.3 is 39.4 Å². The molecule has 0 aliphatic carbocycles. The summed E-state index contributed by atoms with van der Waals surface area (Å²) < 4.78 is 24.5. The van der Waals surface area contributed by atoms with E-state index in [1.165, 1.54) is 19.8 Å². The van der Waals surface area contributed by atoms with Crippen molar-refractivity contribution < 1.29 is 28.5 Å². The minimum absolute atomic E-state index is 0.175. The van der Waals surface area contributed by atoms with Crippen molar-refractivity contribution in [2.45, 2.75) is 65.1 Å². The van der Waals surface area contributed by atoms with E-state index in [4.69, 9.17) is 18.9 Å². The van der Waals surface area contributed by atoms with Gasteiger partial charge in [-0.15, -0.1) is 20.4 Å². The van der Waals surface area contributed by atoms with Crippen LogP contribution in [-0.4, -0.2) is 123 Å². The van der Waals surface area contributed by atoms with Gasteiger partial charge in [0.25, 0.3) is 0 Å². The van der Waals surface area contributed by atoms with E-state index in [0.29, 0.717) is 60.9 Å². The van der Waals surface area contributed by atoms with Gasteiger partial charge in [0.05, 0.1) is 25.6 Å². The lowest BCUT2D eigenvalue weighted by atomic mass is 10.00. The van der Waals surface area contributed by atoms with Crippen molar-refractivity contribution >= 4 is 52.1 Å². The predicted molar refractivity (Wildman–Crippen MR) is 221 cm³/mol. The summed E-state index contributed by atoms with van der Waals surface area (Å²) in [7, 11) is 3.08. The number of amides is 2. The van der Waals surface area contributed by atoms with Crippen LogP contribution in [0.2, 0.25) is 0 Å². The molecule has 1 atom stereocenters. The Kier molecular flexibility index (Phi) is 11.6. The molecule has 314 valence electrons. The molecule has 6 aromatic rings. The molecule has 1 saturated heterocycles. The Morgan fingerprint density at radius 1 is 0.717 bits per heavy atom. The first-order valence-electron chi connectivity index (χ1n) is 19.3. The van der Waals surface area contributed by atoms with Gasteiger partial charge in [-0.3, -0.25) is 0 Å². The topological polar surface area (TPSA) is 214 Å². The first-order chi connectivity index (χ1) is 28.6. The molecule has 20 nitrogen and oxygen atoms in total. The van der Waals surface area contributed by atoms with Crippen molar-refractivity contribution in [1.82, 2.24) is 59.4 Å². The molecule has 6 aromatic heterocycles. The van der Waals surface area contributed by atoms with Gasteiger partial charge >= 0.3 is 12.2 Å². The number of pyridine rings is 2. The van der Waals surface area contributed by atoms with E-state index in [9.17, 15) is 9.59 Å². The van der Waals surface area contributed by atoms with Crippen LogP contribution in [0.15, 0.2) is 67.5 Å². The van der Waals surface area contributed by atoms with E-state index in [1.54, 1.807) is 50.2 Å². The van der Waals surface area contributed by atoms with Gasteiger partial charge in [0.15, 0.2) is 22.9 Å². The van der Waals surface area contributed by atoms with E-state index >= 15 is 0 Å². The van der Waals surface area contributed by atoms with Gasteiger partial charge in [-0.2, -0.15) is 10.2 Å². The average molecular weight is 821 g/mol. The number of carbonyl (C=O) groups excluding carboxylic acids is 2. The number of nitrogens with zero attached hydrogens (tertiary/aromatic N) is 12. The van der Waals surface area contributed by atoms with Crippen molar-refractivity contribution in [1.29, 1.82) is 0 Å². The van der Waals surface area contributed by atoms with Crippen molar-refractivity contribution in [3.8, 4) is 11.8 Å². The molecular formula is C40H48N14O6. The number of hydrogen-bond acceptors (Lipinski definition) is 16. The van der Waals surface area contributed by atoms with Crippen LogP contribution in [0.5, 0.6) is 11.8 Å². The summed E-state index contributed by atoms with van der Waals surface area (Å²) in [6.45, 7) is 13.4. The first-order valence-corrected chi connectivity index (χ1v) is 19.3. The third-order valence-electron chi connectivity index (χ3n) is 9.25. The number of anilines is 4. The molecule has 2 N–H and O–H groups in total. The van der Waals surface area contributed by atoms with Crippen LogP contribution in [0.25, 0.3) is 16.9 Å². The first kappa shape index (κ1) is 41.1. The smallest absolute Gasteiger partial charge is 0.410 e. The van der Waals surface area contributed by atoms with Crippen molar-refractivity contribution in [3.63, 3.8) is 0 Å². The minimum Gasteiger partial charge on any atom is -0.480 e. The van der Waals surface area contributed by atoms with E-state index in [1.807, 2.05) is 72.1 Å². The largest absolute Gasteiger partial charge is 0.480 e. The van der Waals surface area contributed by atoms with Gasteiger partial charge in [-0.05, 0) is 88.9 Å². The Hall–Kier alpha value is -7.12. The maximum atomic E-state index is 12.4. The molecule has 1 fully saturated rings.